The summed E-state index contributed by atoms with van der Waals surface area (Å²) in [5.74, 6) is 0.595. The van der Waals surface area contributed by atoms with Crippen LogP contribution in [0.1, 0.15) is 31.7 Å². The highest BCUT2D eigenvalue weighted by molar-refractivity contribution is 7.99. The lowest BCUT2D eigenvalue weighted by Gasteiger charge is -2.24. The first-order valence-corrected chi connectivity index (χ1v) is 8.09. The molecule has 1 atom stereocenters. The van der Waals surface area contributed by atoms with E-state index in [1.165, 1.54) is 11.8 Å². The summed E-state index contributed by atoms with van der Waals surface area (Å²) in [5.41, 5.74) is 0.587. The van der Waals surface area contributed by atoms with E-state index < -0.39 is 0 Å². The van der Waals surface area contributed by atoms with Gasteiger partial charge in [0.1, 0.15) is 0 Å². The molecule has 2 rings (SSSR count). The molecular formula is C14H21N3O2S. The highest BCUT2D eigenvalue weighted by atomic mass is 32.2. The molecule has 1 aromatic heterocycles. The van der Waals surface area contributed by atoms with Crippen molar-refractivity contribution in [3.8, 4) is 0 Å². The summed E-state index contributed by atoms with van der Waals surface area (Å²) in [6.45, 7) is 5.05. The zero-order valence-corrected chi connectivity index (χ0v) is 12.8. The van der Waals surface area contributed by atoms with Crippen LogP contribution >= 0.6 is 11.8 Å². The van der Waals surface area contributed by atoms with Crippen LogP contribution in [0.5, 0.6) is 0 Å². The van der Waals surface area contributed by atoms with Crippen LogP contribution < -0.4 is 10.9 Å². The number of unbranched alkanes of at least 4 members (excludes halogenated alkanes) is 2. The Balaban J connectivity index is 1.98. The molecule has 1 amide bonds. The molecule has 0 spiro atoms. The van der Waals surface area contributed by atoms with Crippen molar-refractivity contribution < 1.29 is 4.79 Å². The first kappa shape index (κ1) is 15.1. The Bertz CT molecular complexity index is 542. The largest absolute Gasteiger partial charge is 0.356 e. The van der Waals surface area contributed by atoms with Crippen LogP contribution in [0, 0.1) is 12.8 Å². The van der Waals surface area contributed by atoms with Crippen molar-refractivity contribution in [3.63, 3.8) is 0 Å². The van der Waals surface area contributed by atoms with Crippen LogP contribution in [0.4, 0.5) is 0 Å². The van der Waals surface area contributed by atoms with E-state index in [2.05, 4.69) is 17.2 Å². The van der Waals surface area contributed by atoms with Gasteiger partial charge in [0, 0.05) is 30.6 Å². The standard InChI is InChI=1S/C14H21N3O2S/c1-3-4-5-6-15-12(18)11-8-17-13(19)10(2)7-16-14(17)20-9-11/h7,11H,3-6,8-9H2,1-2H3,(H,15,18). The van der Waals surface area contributed by atoms with Gasteiger partial charge in [0.15, 0.2) is 5.16 Å². The summed E-state index contributed by atoms with van der Waals surface area (Å²) in [5, 5.41) is 3.68. The van der Waals surface area contributed by atoms with E-state index in [0.29, 0.717) is 17.9 Å². The second kappa shape index (κ2) is 6.92. The molecular weight excluding hydrogens is 274 g/mol. The molecule has 0 aromatic carbocycles. The fourth-order valence-electron chi connectivity index (χ4n) is 2.19. The quantitative estimate of drug-likeness (QED) is 0.662. The molecule has 0 radical (unpaired) electrons. The Hall–Kier alpha value is -1.30. The number of hydrogen-bond acceptors (Lipinski definition) is 4. The number of aryl methyl sites for hydroxylation is 1. The van der Waals surface area contributed by atoms with Crippen molar-refractivity contribution in [1.82, 2.24) is 14.9 Å². The summed E-state index contributed by atoms with van der Waals surface area (Å²) >= 11 is 1.48. The maximum absolute atomic E-state index is 12.1. The van der Waals surface area contributed by atoms with Gasteiger partial charge in [0.2, 0.25) is 5.91 Å². The fourth-order valence-corrected chi connectivity index (χ4v) is 3.24. The maximum Gasteiger partial charge on any atom is 0.257 e. The van der Waals surface area contributed by atoms with Gasteiger partial charge in [-0.3, -0.25) is 14.2 Å². The first-order chi connectivity index (χ1) is 9.63. The molecule has 1 aromatic rings. The van der Waals surface area contributed by atoms with E-state index in [1.54, 1.807) is 17.7 Å². The summed E-state index contributed by atoms with van der Waals surface area (Å²) in [7, 11) is 0. The lowest BCUT2D eigenvalue weighted by molar-refractivity contribution is -0.124. The van der Waals surface area contributed by atoms with E-state index in [0.717, 1.165) is 31.0 Å². The highest BCUT2D eigenvalue weighted by Crippen LogP contribution is 2.24. The maximum atomic E-state index is 12.1. The van der Waals surface area contributed by atoms with E-state index in [9.17, 15) is 9.59 Å². The number of hydrogen-bond donors (Lipinski definition) is 1. The van der Waals surface area contributed by atoms with Gasteiger partial charge in [-0.05, 0) is 13.3 Å². The summed E-state index contributed by atoms with van der Waals surface area (Å²) in [6.07, 6.45) is 4.89. The molecule has 1 unspecified atom stereocenters. The zero-order chi connectivity index (χ0) is 14.5. The van der Waals surface area contributed by atoms with Gasteiger partial charge >= 0.3 is 0 Å². The minimum Gasteiger partial charge on any atom is -0.356 e. The van der Waals surface area contributed by atoms with E-state index in [-0.39, 0.29) is 17.4 Å². The van der Waals surface area contributed by atoms with Crippen molar-refractivity contribution in [2.45, 2.75) is 44.8 Å². The van der Waals surface area contributed by atoms with Crippen molar-refractivity contribution in [2.75, 3.05) is 12.3 Å². The van der Waals surface area contributed by atoms with Crippen molar-refractivity contribution >= 4 is 17.7 Å². The number of nitrogens with zero attached hydrogens (tertiary/aromatic N) is 2. The summed E-state index contributed by atoms with van der Waals surface area (Å²) < 4.78 is 1.62. The minimum absolute atomic E-state index is 0.0361. The average Bonchev–Trinajstić information content (AvgIpc) is 2.47. The number of carbonyl (C=O) groups excluding carboxylic acids is 1. The number of thioether (sulfide) groups is 1. The number of amides is 1. The topological polar surface area (TPSA) is 64.0 Å². The van der Waals surface area contributed by atoms with Crippen LogP contribution in [0.25, 0.3) is 0 Å². The third-order valence-electron chi connectivity index (χ3n) is 3.45. The monoisotopic (exact) mass is 295 g/mol. The van der Waals surface area contributed by atoms with E-state index in [4.69, 9.17) is 0 Å². The zero-order valence-electron chi connectivity index (χ0n) is 12.0. The Kier molecular flexibility index (Phi) is 5.23. The molecule has 0 fully saturated rings. The lowest BCUT2D eigenvalue weighted by Crippen LogP contribution is -2.40. The predicted octanol–water partition coefficient (Wildman–Crippen LogP) is 1.58. The number of fused-ring (bicyclic) bond motifs is 1. The van der Waals surface area contributed by atoms with Crippen LogP contribution in [0.2, 0.25) is 0 Å². The highest BCUT2D eigenvalue weighted by Gasteiger charge is 2.26. The molecule has 5 nitrogen and oxygen atoms in total. The van der Waals surface area contributed by atoms with Crippen LogP contribution in [0.3, 0.4) is 0 Å². The Morgan fingerprint density at radius 3 is 3.10 bits per heavy atom. The van der Waals surface area contributed by atoms with Crippen LogP contribution in [0.15, 0.2) is 16.1 Å². The molecule has 1 N–H and O–H groups in total. The summed E-state index contributed by atoms with van der Waals surface area (Å²) in [6, 6.07) is 0. The molecule has 2 heterocycles. The predicted molar refractivity (Wildman–Crippen MR) is 80.0 cm³/mol. The van der Waals surface area contributed by atoms with Crippen molar-refractivity contribution in [3.05, 3.63) is 22.1 Å². The van der Waals surface area contributed by atoms with Crippen LogP contribution in [-0.4, -0.2) is 27.8 Å². The molecule has 0 saturated carbocycles. The van der Waals surface area contributed by atoms with Gasteiger partial charge in [0.25, 0.3) is 5.56 Å². The normalized spacial score (nSPS) is 17.6. The molecule has 1 aliphatic rings. The second-order valence-electron chi connectivity index (χ2n) is 5.15. The lowest BCUT2D eigenvalue weighted by atomic mass is 10.1. The Morgan fingerprint density at radius 2 is 2.35 bits per heavy atom. The average molecular weight is 295 g/mol. The SMILES string of the molecule is CCCCCNC(=O)C1CSc2ncc(C)c(=O)n2C1. The van der Waals surface area contributed by atoms with E-state index >= 15 is 0 Å². The molecule has 110 valence electrons. The van der Waals surface area contributed by atoms with E-state index in [1.807, 2.05) is 0 Å². The number of nitrogens with one attached hydrogen (secondary N) is 1. The van der Waals surface area contributed by atoms with Crippen LogP contribution in [-0.2, 0) is 11.3 Å². The van der Waals surface area contributed by atoms with Gasteiger partial charge in [-0.25, -0.2) is 4.98 Å². The van der Waals surface area contributed by atoms with Gasteiger partial charge in [0.05, 0.1) is 5.92 Å². The molecule has 0 saturated heterocycles. The molecule has 6 heteroatoms. The molecule has 0 aliphatic carbocycles. The third kappa shape index (κ3) is 3.42. The first-order valence-electron chi connectivity index (χ1n) is 7.10. The Morgan fingerprint density at radius 1 is 1.55 bits per heavy atom. The molecule has 1 aliphatic heterocycles. The summed E-state index contributed by atoms with van der Waals surface area (Å²) in [4.78, 5) is 28.4. The third-order valence-corrected chi connectivity index (χ3v) is 4.60. The van der Waals surface area contributed by atoms with Crippen molar-refractivity contribution in [1.29, 1.82) is 0 Å². The molecule has 20 heavy (non-hydrogen) atoms. The molecule has 0 bridgehead atoms. The van der Waals surface area contributed by atoms with Crippen molar-refractivity contribution in [2.24, 2.45) is 5.92 Å². The number of carbonyl (C=O) groups is 1. The fraction of sp³-hybridized carbons (Fsp3) is 0.643. The number of aromatic nitrogens is 2. The van der Waals surface area contributed by atoms with Gasteiger partial charge in [-0.15, -0.1) is 0 Å². The van der Waals surface area contributed by atoms with Gasteiger partial charge < -0.3 is 5.32 Å². The second-order valence-corrected chi connectivity index (χ2v) is 6.13. The van der Waals surface area contributed by atoms with Gasteiger partial charge in [-0.1, -0.05) is 31.5 Å². The van der Waals surface area contributed by atoms with Gasteiger partial charge in [-0.2, -0.15) is 0 Å². The Labute approximate surface area is 123 Å². The smallest absolute Gasteiger partial charge is 0.257 e. The minimum atomic E-state index is -0.143. The number of rotatable bonds is 5.